The average molecular weight is 409 g/mol. The first-order valence-corrected chi connectivity index (χ1v) is 11.2. The highest BCUT2D eigenvalue weighted by molar-refractivity contribution is 5.96. The predicted molar refractivity (Wildman–Crippen MR) is 131 cm³/mol. The zero-order valence-electron chi connectivity index (χ0n) is 19.7. The van der Waals surface area contributed by atoms with Crippen LogP contribution >= 0.6 is 0 Å². The first kappa shape index (κ1) is 25.5. The van der Waals surface area contributed by atoms with Crippen molar-refractivity contribution >= 4 is 11.6 Å². The van der Waals surface area contributed by atoms with Gasteiger partial charge in [-0.2, -0.15) is 0 Å². The number of allylic oxidation sites excluding steroid dienone is 1. The second-order valence-corrected chi connectivity index (χ2v) is 7.76. The first-order chi connectivity index (χ1) is 14.4. The third-order valence-corrected chi connectivity index (χ3v) is 5.12. The fraction of sp³-hybridized carbons (Fsp3) is 0.444. The summed E-state index contributed by atoms with van der Waals surface area (Å²) >= 11 is 0. The highest BCUT2D eigenvalue weighted by Gasteiger charge is 2.22. The highest BCUT2D eigenvalue weighted by atomic mass is 16.2. The second-order valence-electron chi connectivity index (χ2n) is 7.76. The van der Waals surface area contributed by atoms with Crippen molar-refractivity contribution in [1.82, 2.24) is 4.90 Å². The number of hydrogen-bond donors (Lipinski definition) is 1. The molecule has 0 bridgehead atoms. The molecule has 0 aromatic heterocycles. The van der Waals surface area contributed by atoms with Crippen molar-refractivity contribution in [2.45, 2.75) is 73.3 Å². The molecule has 0 radical (unpaired) electrons. The molecule has 1 N–H and O–H groups in total. The molecule has 1 atom stereocenters. The van der Waals surface area contributed by atoms with Crippen LogP contribution in [0.3, 0.4) is 0 Å². The van der Waals surface area contributed by atoms with Crippen LogP contribution in [0.15, 0.2) is 60.8 Å². The van der Waals surface area contributed by atoms with E-state index in [4.69, 9.17) is 0 Å². The summed E-state index contributed by atoms with van der Waals surface area (Å²) in [6.45, 7) is 13.4. The van der Waals surface area contributed by atoms with E-state index in [0.29, 0.717) is 0 Å². The molecule has 1 unspecified atom stereocenters. The Morgan fingerprint density at radius 1 is 0.967 bits per heavy atom. The normalized spacial score (nSPS) is 11.5. The number of nitrogens with zero attached hydrogens (tertiary/aromatic N) is 1. The van der Waals surface area contributed by atoms with Gasteiger partial charge in [0.1, 0.15) is 6.04 Å². The molecule has 30 heavy (non-hydrogen) atoms. The first-order valence-electron chi connectivity index (χ1n) is 11.2. The molecule has 2 aromatic carbocycles. The summed E-state index contributed by atoms with van der Waals surface area (Å²) in [6.07, 6.45) is 8.37. The molecule has 0 spiro atoms. The molecular formula is C27H40N2O. The Balaban J connectivity index is 0.000000539. The van der Waals surface area contributed by atoms with Crippen molar-refractivity contribution in [3.63, 3.8) is 0 Å². The van der Waals surface area contributed by atoms with E-state index in [1.165, 1.54) is 18.4 Å². The van der Waals surface area contributed by atoms with Gasteiger partial charge in [0.05, 0.1) is 0 Å². The van der Waals surface area contributed by atoms with E-state index in [2.05, 4.69) is 43.1 Å². The quantitative estimate of drug-likeness (QED) is 0.451. The van der Waals surface area contributed by atoms with Gasteiger partial charge in [-0.25, -0.2) is 0 Å². The van der Waals surface area contributed by atoms with E-state index < -0.39 is 0 Å². The van der Waals surface area contributed by atoms with Crippen LogP contribution in [-0.2, 0) is 4.79 Å². The molecule has 2 aromatic rings. The van der Waals surface area contributed by atoms with E-state index in [-0.39, 0.29) is 11.9 Å². The summed E-state index contributed by atoms with van der Waals surface area (Å²) in [6, 6.07) is 16.2. The minimum atomic E-state index is -0.123. The summed E-state index contributed by atoms with van der Waals surface area (Å²) in [5.41, 5.74) is 4.49. The lowest BCUT2D eigenvalue weighted by Crippen LogP contribution is -2.41. The third-order valence-electron chi connectivity index (χ3n) is 5.12. The number of para-hydroxylation sites is 1. The summed E-state index contributed by atoms with van der Waals surface area (Å²) in [5.74, 6) is 0.0829. The standard InChI is InChI=1S/C20H32N2O.C7H8/c1-6-9-10-15-22(14-7-2)18(8-3)20(23)21-19-16(4)12-11-13-17(19)5;1-7-5-3-2-4-6-7/h7,11-14,18H,6,8-10,15H2,1-5H3,(H,21,23);2-6H,1H3/b14-7-;. The van der Waals surface area contributed by atoms with Crippen molar-refractivity contribution in [1.29, 1.82) is 0 Å². The van der Waals surface area contributed by atoms with Crippen LogP contribution in [0, 0.1) is 20.8 Å². The van der Waals surface area contributed by atoms with Crippen molar-refractivity contribution < 1.29 is 4.79 Å². The van der Waals surface area contributed by atoms with E-state index >= 15 is 0 Å². The number of carbonyl (C=O) groups is 1. The molecular weight excluding hydrogens is 368 g/mol. The van der Waals surface area contributed by atoms with Crippen LogP contribution in [0.1, 0.15) is 63.1 Å². The lowest BCUT2D eigenvalue weighted by molar-refractivity contribution is -0.120. The Bertz CT molecular complexity index is 747. The van der Waals surface area contributed by atoms with Gasteiger partial charge in [0.15, 0.2) is 0 Å². The Morgan fingerprint density at radius 3 is 2.07 bits per heavy atom. The summed E-state index contributed by atoms with van der Waals surface area (Å²) in [5, 5.41) is 3.14. The van der Waals surface area contributed by atoms with Gasteiger partial charge in [-0.1, -0.05) is 86.9 Å². The Kier molecular flexibility index (Phi) is 12.3. The molecule has 2 rings (SSSR count). The summed E-state index contributed by atoms with van der Waals surface area (Å²) < 4.78 is 0. The Hall–Kier alpha value is -2.55. The predicted octanol–water partition coefficient (Wildman–Crippen LogP) is 7.04. The molecule has 1 amide bonds. The number of rotatable bonds is 9. The third kappa shape index (κ3) is 8.86. The molecule has 0 saturated heterocycles. The number of amides is 1. The maximum absolute atomic E-state index is 12.8. The molecule has 3 heteroatoms. The van der Waals surface area contributed by atoms with Gasteiger partial charge in [0.2, 0.25) is 5.91 Å². The molecule has 3 nitrogen and oxygen atoms in total. The number of benzene rings is 2. The van der Waals surface area contributed by atoms with Crippen LogP contribution < -0.4 is 5.32 Å². The molecule has 0 saturated carbocycles. The molecule has 0 aliphatic carbocycles. The van der Waals surface area contributed by atoms with Crippen molar-refractivity contribution in [2.75, 3.05) is 11.9 Å². The average Bonchev–Trinajstić information content (AvgIpc) is 2.72. The van der Waals surface area contributed by atoms with E-state index in [1.807, 2.05) is 69.4 Å². The van der Waals surface area contributed by atoms with Crippen molar-refractivity contribution in [3.05, 3.63) is 77.5 Å². The van der Waals surface area contributed by atoms with Gasteiger partial charge in [0, 0.05) is 12.2 Å². The zero-order chi connectivity index (χ0) is 22.4. The maximum atomic E-state index is 12.8. The minimum Gasteiger partial charge on any atom is -0.366 e. The number of carbonyl (C=O) groups excluding carboxylic acids is 1. The molecule has 0 aliphatic heterocycles. The number of aryl methyl sites for hydroxylation is 3. The summed E-state index contributed by atoms with van der Waals surface area (Å²) in [4.78, 5) is 15.0. The van der Waals surface area contributed by atoms with Gasteiger partial charge in [0.25, 0.3) is 0 Å². The number of nitrogens with one attached hydrogen (secondary N) is 1. The fourth-order valence-corrected chi connectivity index (χ4v) is 3.39. The SMILES string of the molecule is C/C=C\N(CCCCC)C(CC)C(=O)Nc1c(C)cccc1C.Cc1ccccc1. The van der Waals surface area contributed by atoms with Gasteiger partial charge >= 0.3 is 0 Å². The number of anilines is 1. The molecule has 0 heterocycles. The van der Waals surface area contributed by atoms with Crippen LogP contribution in [-0.4, -0.2) is 23.4 Å². The second kappa shape index (κ2) is 14.4. The Labute approximate surface area is 184 Å². The van der Waals surface area contributed by atoms with Crippen LogP contribution in [0.5, 0.6) is 0 Å². The van der Waals surface area contributed by atoms with Crippen LogP contribution in [0.2, 0.25) is 0 Å². The molecule has 0 fully saturated rings. The van der Waals surface area contributed by atoms with E-state index in [9.17, 15) is 4.79 Å². The minimum absolute atomic E-state index is 0.0829. The number of unbranched alkanes of at least 4 members (excludes halogenated alkanes) is 2. The largest absolute Gasteiger partial charge is 0.366 e. The van der Waals surface area contributed by atoms with Crippen LogP contribution in [0.25, 0.3) is 0 Å². The van der Waals surface area contributed by atoms with E-state index in [0.717, 1.165) is 36.2 Å². The van der Waals surface area contributed by atoms with Gasteiger partial charge in [-0.3, -0.25) is 4.79 Å². The van der Waals surface area contributed by atoms with Gasteiger partial charge in [-0.05, 0) is 57.9 Å². The van der Waals surface area contributed by atoms with Crippen molar-refractivity contribution in [2.24, 2.45) is 0 Å². The van der Waals surface area contributed by atoms with E-state index in [1.54, 1.807) is 0 Å². The monoisotopic (exact) mass is 408 g/mol. The molecule has 0 aliphatic rings. The lowest BCUT2D eigenvalue weighted by atomic mass is 10.1. The smallest absolute Gasteiger partial charge is 0.247 e. The Morgan fingerprint density at radius 2 is 1.60 bits per heavy atom. The molecule has 164 valence electrons. The fourth-order valence-electron chi connectivity index (χ4n) is 3.39. The highest BCUT2D eigenvalue weighted by Crippen LogP contribution is 2.21. The van der Waals surface area contributed by atoms with Gasteiger partial charge in [-0.15, -0.1) is 0 Å². The summed E-state index contributed by atoms with van der Waals surface area (Å²) in [7, 11) is 0. The lowest BCUT2D eigenvalue weighted by Gasteiger charge is -2.29. The van der Waals surface area contributed by atoms with Crippen LogP contribution in [0.4, 0.5) is 5.69 Å². The maximum Gasteiger partial charge on any atom is 0.247 e. The zero-order valence-corrected chi connectivity index (χ0v) is 19.7. The van der Waals surface area contributed by atoms with Gasteiger partial charge < -0.3 is 10.2 Å². The number of hydrogen-bond acceptors (Lipinski definition) is 2. The topological polar surface area (TPSA) is 32.3 Å². The van der Waals surface area contributed by atoms with Crippen molar-refractivity contribution in [3.8, 4) is 0 Å².